The predicted molar refractivity (Wildman–Crippen MR) is 124 cm³/mol. The highest BCUT2D eigenvalue weighted by molar-refractivity contribution is 5.91. The molecular weight excluding hydrogens is 390 g/mol. The molecule has 7 nitrogen and oxygen atoms in total. The number of nitrogens with one attached hydrogen (secondary N) is 3. The average molecular weight is 426 g/mol. The van der Waals surface area contributed by atoms with Gasteiger partial charge in [-0.25, -0.2) is 0 Å². The lowest BCUT2D eigenvalue weighted by atomic mass is 10.2. The van der Waals surface area contributed by atoms with Gasteiger partial charge in [-0.05, 0) is 55.5 Å². The van der Waals surface area contributed by atoms with Crippen molar-refractivity contribution in [3.8, 4) is 5.75 Å². The maximum atomic E-state index is 12.5. The van der Waals surface area contributed by atoms with Crippen molar-refractivity contribution in [2.75, 3.05) is 80.6 Å². The fourth-order valence-corrected chi connectivity index (χ4v) is 4.54. The van der Waals surface area contributed by atoms with Gasteiger partial charge in [0.2, 0.25) is 0 Å². The van der Waals surface area contributed by atoms with Gasteiger partial charge >= 0.3 is 0 Å². The number of phenolic OH excluding ortho intramolecular Hbond substituents is 1. The first kappa shape index (κ1) is 21.5. The number of piperazine rings is 2. The molecule has 0 saturated carbocycles. The molecule has 4 rings (SSSR count). The van der Waals surface area contributed by atoms with E-state index in [4.69, 9.17) is 0 Å². The predicted octanol–water partition coefficient (Wildman–Crippen LogP) is -0.539. The van der Waals surface area contributed by atoms with Gasteiger partial charge in [-0.3, -0.25) is 4.79 Å². The summed E-state index contributed by atoms with van der Waals surface area (Å²) in [6.07, 6.45) is 0. The zero-order valence-electron chi connectivity index (χ0n) is 18.4. The Morgan fingerprint density at radius 3 is 1.84 bits per heavy atom. The van der Waals surface area contributed by atoms with E-state index in [0.717, 1.165) is 50.6 Å². The third-order valence-electron chi connectivity index (χ3n) is 6.58. The first-order chi connectivity index (χ1) is 15.1. The smallest absolute Gasteiger partial charge is 0.279 e. The van der Waals surface area contributed by atoms with E-state index in [0.29, 0.717) is 6.54 Å². The maximum Gasteiger partial charge on any atom is 0.279 e. The second-order valence-corrected chi connectivity index (χ2v) is 8.62. The average Bonchev–Trinajstić information content (AvgIpc) is 2.81. The molecule has 0 spiro atoms. The minimum absolute atomic E-state index is 0.0704. The van der Waals surface area contributed by atoms with Crippen molar-refractivity contribution in [2.24, 2.45) is 0 Å². The van der Waals surface area contributed by atoms with Crippen molar-refractivity contribution in [1.82, 2.24) is 0 Å². The second-order valence-electron chi connectivity index (χ2n) is 8.62. The summed E-state index contributed by atoms with van der Waals surface area (Å²) in [7, 11) is 0. The van der Waals surface area contributed by atoms with Crippen molar-refractivity contribution in [3.63, 3.8) is 0 Å². The van der Waals surface area contributed by atoms with Crippen molar-refractivity contribution < 1.29 is 19.7 Å². The third kappa shape index (κ3) is 5.68. The molecule has 0 atom stereocenters. The highest BCUT2D eigenvalue weighted by Crippen LogP contribution is 2.19. The van der Waals surface area contributed by atoms with E-state index in [2.05, 4.69) is 34.2 Å². The van der Waals surface area contributed by atoms with Gasteiger partial charge in [0.05, 0.1) is 58.9 Å². The highest BCUT2D eigenvalue weighted by Gasteiger charge is 2.23. The Morgan fingerprint density at radius 2 is 1.32 bits per heavy atom. The van der Waals surface area contributed by atoms with Crippen LogP contribution in [0.5, 0.6) is 5.75 Å². The molecule has 31 heavy (non-hydrogen) atoms. The minimum Gasteiger partial charge on any atom is -0.508 e. The van der Waals surface area contributed by atoms with Crippen LogP contribution in [0.1, 0.15) is 6.92 Å². The maximum absolute atomic E-state index is 12.5. The summed E-state index contributed by atoms with van der Waals surface area (Å²) >= 11 is 0. The molecule has 0 bridgehead atoms. The number of nitrogens with zero attached hydrogens (tertiary/aromatic N) is 2. The van der Waals surface area contributed by atoms with E-state index in [9.17, 15) is 9.90 Å². The number of carbonyl (C=O) groups is 1. The molecule has 2 aromatic carbocycles. The molecule has 1 amide bonds. The monoisotopic (exact) mass is 425 g/mol. The number of likely N-dealkylation sites (N-methyl/N-ethyl adjacent to an activating group) is 1. The standard InChI is InChI=1S/C24H33N5O2/c1-2-26-11-15-28(16-12-26)21-5-3-20(4-6-21)25-24(31)19-27-13-17-29(18-14-27)22-7-9-23(30)10-8-22/h3-10,30H,2,11-19H2,1H3,(H,25,31)/p+2. The van der Waals surface area contributed by atoms with Crippen molar-refractivity contribution in [3.05, 3.63) is 48.5 Å². The fraction of sp³-hybridized carbons (Fsp3) is 0.458. The molecule has 2 aliphatic heterocycles. The Kier molecular flexibility index (Phi) is 6.94. The van der Waals surface area contributed by atoms with Crippen LogP contribution in [-0.2, 0) is 4.79 Å². The van der Waals surface area contributed by atoms with Crippen LogP contribution in [-0.4, -0.2) is 76.5 Å². The lowest BCUT2D eigenvalue weighted by Crippen LogP contribution is -3.15. The lowest BCUT2D eigenvalue weighted by molar-refractivity contribution is -0.898. The first-order valence-electron chi connectivity index (χ1n) is 11.5. The van der Waals surface area contributed by atoms with Crippen LogP contribution in [0.4, 0.5) is 17.1 Å². The number of rotatable bonds is 6. The van der Waals surface area contributed by atoms with E-state index in [1.165, 1.54) is 30.2 Å². The van der Waals surface area contributed by atoms with Crippen LogP contribution in [0.25, 0.3) is 0 Å². The molecule has 0 unspecified atom stereocenters. The molecule has 0 aromatic heterocycles. The molecule has 7 heteroatoms. The number of quaternary nitrogens is 2. The molecule has 2 aromatic rings. The Labute approximate surface area is 184 Å². The van der Waals surface area contributed by atoms with E-state index in [-0.39, 0.29) is 11.7 Å². The summed E-state index contributed by atoms with van der Waals surface area (Å²) in [5.41, 5.74) is 3.23. The molecule has 2 aliphatic rings. The fourth-order valence-electron chi connectivity index (χ4n) is 4.54. The zero-order chi connectivity index (χ0) is 21.6. The highest BCUT2D eigenvalue weighted by atomic mass is 16.3. The van der Waals surface area contributed by atoms with Crippen LogP contribution in [0.3, 0.4) is 0 Å². The molecule has 0 radical (unpaired) electrons. The number of hydrogen-bond acceptors (Lipinski definition) is 4. The number of phenols is 1. The zero-order valence-corrected chi connectivity index (χ0v) is 18.4. The third-order valence-corrected chi connectivity index (χ3v) is 6.58. The van der Waals surface area contributed by atoms with E-state index >= 15 is 0 Å². The molecule has 0 aliphatic carbocycles. The molecule has 166 valence electrons. The van der Waals surface area contributed by atoms with E-state index in [1.54, 1.807) is 17.0 Å². The summed E-state index contributed by atoms with van der Waals surface area (Å²) in [6.45, 7) is 12.2. The first-order valence-corrected chi connectivity index (χ1v) is 11.5. The van der Waals surface area contributed by atoms with Crippen molar-refractivity contribution >= 4 is 23.0 Å². The quantitative estimate of drug-likeness (QED) is 0.502. The minimum atomic E-state index is 0.0704. The second kappa shape index (κ2) is 10.0. The van der Waals surface area contributed by atoms with Crippen molar-refractivity contribution in [2.45, 2.75) is 6.92 Å². The normalized spacial score (nSPS) is 18.2. The van der Waals surface area contributed by atoms with Gasteiger partial charge in [-0.2, -0.15) is 0 Å². The molecule has 2 saturated heterocycles. The van der Waals surface area contributed by atoms with Gasteiger partial charge in [0.1, 0.15) is 5.75 Å². The molecular formula is C24H35N5O2+2. The number of anilines is 3. The Balaban J connectivity index is 1.22. The van der Waals surface area contributed by atoms with Crippen LogP contribution < -0.4 is 24.9 Å². The Morgan fingerprint density at radius 1 is 0.839 bits per heavy atom. The molecule has 2 fully saturated rings. The van der Waals surface area contributed by atoms with Crippen molar-refractivity contribution in [1.29, 1.82) is 0 Å². The van der Waals surface area contributed by atoms with Gasteiger partial charge in [0, 0.05) is 17.1 Å². The largest absolute Gasteiger partial charge is 0.508 e. The van der Waals surface area contributed by atoms with E-state index < -0.39 is 0 Å². The van der Waals surface area contributed by atoms with E-state index in [1.807, 2.05) is 24.3 Å². The Hall–Kier alpha value is -2.77. The SMILES string of the molecule is CC[NH+]1CCN(c2ccc(NC(=O)C[NH+]3CCN(c4ccc(O)cc4)CC3)cc2)CC1. The molecule has 4 N–H and O–H groups in total. The Bertz CT molecular complexity index is 839. The summed E-state index contributed by atoms with van der Waals surface area (Å²) in [4.78, 5) is 20.3. The molecule has 2 heterocycles. The summed E-state index contributed by atoms with van der Waals surface area (Å²) in [5.74, 6) is 0.360. The van der Waals surface area contributed by atoms with Gasteiger partial charge in [-0.1, -0.05) is 0 Å². The summed E-state index contributed by atoms with van der Waals surface area (Å²) in [6, 6.07) is 15.6. The number of benzene rings is 2. The van der Waals surface area contributed by atoms with Gasteiger partial charge in [0.15, 0.2) is 6.54 Å². The van der Waals surface area contributed by atoms with Crippen LogP contribution >= 0.6 is 0 Å². The number of carbonyl (C=O) groups excluding carboxylic acids is 1. The number of hydrogen-bond donors (Lipinski definition) is 4. The van der Waals surface area contributed by atoms with Gasteiger partial charge < -0.3 is 30.0 Å². The van der Waals surface area contributed by atoms with Crippen LogP contribution in [0.2, 0.25) is 0 Å². The van der Waals surface area contributed by atoms with Gasteiger partial charge in [0.25, 0.3) is 5.91 Å². The van der Waals surface area contributed by atoms with Crippen LogP contribution in [0, 0.1) is 0 Å². The van der Waals surface area contributed by atoms with Gasteiger partial charge in [-0.15, -0.1) is 0 Å². The topological polar surface area (TPSA) is 64.7 Å². The summed E-state index contributed by atoms with van der Waals surface area (Å²) in [5, 5.41) is 12.5. The van der Waals surface area contributed by atoms with Crippen LogP contribution in [0.15, 0.2) is 48.5 Å². The lowest BCUT2D eigenvalue weighted by Gasteiger charge is -2.33. The summed E-state index contributed by atoms with van der Waals surface area (Å²) < 4.78 is 0. The number of amides is 1. The number of aromatic hydroxyl groups is 1.